The van der Waals surface area contributed by atoms with Crippen LogP contribution in [0.15, 0.2) is 35.1 Å². The van der Waals surface area contributed by atoms with Crippen LogP contribution in [0.4, 0.5) is 0 Å². The molecule has 3 saturated carbocycles. The van der Waals surface area contributed by atoms with Gasteiger partial charge >= 0.3 is 0 Å². The van der Waals surface area contributed by atoms with Crippen molar-refractivity contribution in [2.45, 2.75) is 38.3 Å². The summed E-state index contributed by atoms with van der Waals surface area (Å²) in [6.45, 7) is 2.17. The van der Waals surface area contributed by atoms with E-state index in [9.17, 15) is 9.59 Å². The first kappa shape index (κ1) is 17.9. The van der Waals surface area contributed by atoms with E-state index in [0.717, 1.165) is 5.56 Å². The number of hydrogen-bond acceptors (Lipinski definition) is 5. The van der Waals surface area contributed by atoms with Crippen LogP contribution in [0.25, 0.3) is 0 Å². The van der Waals surface area contributed by atoms with Crippen molar-refractivity contribution >= 4 is 23.4 Å². The van der Waals surface area contributed by atoms with Gasteiger partial charge in [0.05, 0.1) is 12.0 Å². The van der Waals surface area contributed by atoms with Crippen molar-refractivity contribution < 1.29 is 18.8 Å². The van der Waals surface area contributed by atoms with Gasteiger partial charge in [-0.2, -0.15) is 0 Å². The Labute approximate surface area is 161 Å². The van der Waals surface area contributed by atoms with Crippen LogP contribution in [-0.2, 0) is 16.1 Å². The maximum atomic E-state index is 12.4. The molecule has 27 heavy (non-hydrogen) atoms. The molecule has 0 saturated heterocycles. The summed E-state index contributed by atoms with van der Waals surface area (Å²) in [7, 11) is 0. The van der Waals surface area contributed by atoms with Gasteiger partial charge in [0.1, 0.15) is 17.7 Å². The van der Waals surface area contributed by atoms with Crippen LogP contribution in [0.3, 0.4) is 0 Å². The van der Waals surface area contributed by atoms with Crippen LogP contribution in [-0.4, -0.2) is 29.1 Å². The molecule has 7 nitrogen and oxygen atoms in total. The van der Waals surface area contributed by atoms with E-state index in [-0.39, 0.29) is 29.4 Å². The van der Waals surface area contributed by atoms with Gasteiger partial charge in [0.2, 0.25) is 5.91 Å². The number of ether oxygens (including phenoxy) is 1. The zero-order valence-electron chi connectivity index (χ0n) is 14.9. The Bertz CT molecular complexity index is 861. The highest BCUT2D eigenvalue weighted by atomic mass is 35.5. The lowest BCUT2D eigenvalue weighted by Gasteiger charge is -2.69. The van der Waals surface area contributed by atoms with Crippen LogP contribution in [0, 0.1) is 12.3 Å². The third-order valence-electron chi connectivity index (χ3n) is 5.34. The predicted octanol–water partition coefficient (Wildman–Crippen LogP) is 2.37. The van der Waals surface area contributed by atoms with Gasteiger partial charge in [-0.15, -0.1) is 0 Å². The van der Waals surface area contributed by atoms with Gasteiger partial charge in [-0.3, -0.25) is 9.59 Å². The van der Waals surface area contributed by atoms with Crippen molar-refractivity contribution in [2.24, 2.45) is 5.41 Å². The number of nitrogens with zero attached hydrogens (tertiary/aromatic N) is 1. The van der Waals surface area contributed by atoms with E-state index in [0.29, 0.717) is 42.3 Å². The molecular weight excluding hydrogens is 370 g/mol. The molecule has 8 heteroatoms. The first-order valence-corrected chi connectivity index (χ1v) is 9.15. The molecule has 2 N–H and O–H groups in total. The molecule has 0 aliphatic heterocycles. The number of amides is 2. The molecule has 3 aliphatic rings. The Morgan fingerprint density at radius 1 is 1.30 bits per heavy atom. The molecule has 0 spiro atoms. The topological polar surface area (TPSA) is 93.5 Å². The average molecular weight is 390 g/mol. The van der Waals surface area contributed by atoms with E-state index >= 15 is 0 Å². The summed E-state index contributed by atoms with van der Waals surface area (Å²) in [5.74, 6) is 0.432. The lowest BCUT2D eigenvalue weighted by Crippen LogP contribution is -2.78. The van der Waals surface area contributed by atoms with E-state index in [2.05, 4.69) is 15.8 Å². The number of nitrogens with one attached hydrogen (secondary N) is 2. The number of aryl methyl sites for hydroxylation is 1. The smallest absolute Gasteiger partial charge is 0.258 e. The van der Waals surface area contributed by atoms with Gasteiger partial charge < -0.3 is 19.9 Å². The number of halogens is 1. The molecule has 2 amide bonds. The molecule has 1 aromatic carbocycles. The normalized spacial score (nSPS) is 25.1. The highest BCUT2D eigenvalue weighted by Gasteiger charge is 2.72. The second-order valence-electron chi connectivity index (χ2n) is 7.51. The molecule has 2 bridgehead atoms. The van der Waals surface area contributed by atoms with Crippen molar-refractivity contribution in [3.8, 4) is 5.75 Å². The summed E-state index contributed by atoms with van der Waals surface area (Å²) in [5.41, 5.74) is 0.965. The number of carbonyl (C=O) groups is 2. The number of aromatic nitrogens is 1. The summed E-state index contributed by atoms with van der Waals surface area (Å²) in [5, 5.41) is 10.3. The molecule has 1 aromatic heterocycles. The third-order valence-corrected chi connectivity index (χ3v) is 5.76. The van der Waals surface area contributed by atoms with E-state index < -0.39 is 0 Å². The Balaban J connectivity index is 1.21. The molecule has 3 fully saturated rings. The lowest BCUT2D eigenvalue weighted by atomic mass is 9.39. The van der Waals surface area contributed by atoms with Crippen LogP contribution >= 0.6 is 11.6 Å². The van der Waals surface area contributed by atoms with Crippen molar-refractivity contribution in [2.75, 3.05) is 6.61 Å². The molecular formula is C19H20ClN3O4. The monoisotopic (exact) mass is 389 g/mol. The highest BCUT2D eigenvalue weighted by Crippen LogP contribution is 2.67. The van der Waals surface area contributed by atoms with Crippen LogP contribution in [0.5, 0.6) is 5.75 Å². The highest BCUT2D eigenvalue weighted by molar-refractivity contribution is 6.31. The number of rotatable bonds is 7. The molecule has 0 unspecified atom stereocenters. The number of hydrogen-bond donors (Lipinski definition) is 2. The Hall–Kier alpha value is -2.54. The fourth-order valence-corrected chi connectivity index (χ4v) is 4.15. The van der Waals surface area contributed by atoms with E-state index in [1.807, 2.05) is 6.92 Å². The Kier molecular flexibility index (Phi) is 4.34. The van der Waals surface area contributed by atoms with Gasteiger partial charge in [0.25, 0.3) is 5.91 Å². The summed E-state index contributed by atoms with van der Waals surface area (Å²) in [6, 6.07) is 6.99. The second kappa shape index (κ2) is 6.56. The minimum atomic E-state index is -0.356. The minimum absolute atomic E-state index is 0.00881. The average Bonchev–Trinajstić information content (AvgIpc) is 3.09. The molecule has 2 aromatic rings. The Morgan fingerprint density at radius 2 is 2.07 bits per heavy atom. The SMILES string of the molecule is Cc1cc(OCC(=O)NC23CC(C(=O)NCc4ccon4)(C2)C3)ccc1Cl. The van der Waals surface area contributed by atoms with Crippen molar-refractivity contribution in [1.82, 2.24) is 15.8 Å². The van der Waals surface area contributed by atoms with E-state index in [1.54, 1.807) is 24.3 Å². The maximum absolute atomic E-state index is 12.4. The van der Waals surface area contributed by atoms with Gasteiger partial charge in [-0.25, -0.2) is 0 Å². The molecule has 1 heterocycles. The van der Waals surface area contributed by atoms with Crippen molar-refractivity contribution in [3.63, 3.8) is 0 Å². The third kappa shape index (κ3) is 3.39. The zero-order valence-corrected chi connectivity index (χ0v) is 15.6. The molecule has 142 valence electrons. The quantitative estimate of drug-likeness (QED) is 0.758. The van der Waals surface area contributed by atoms with Crippen LogP contribution < -0.4 is 15.4 Å². The van der Waals surface area contributed by atoms with Gasteiger partial charge in [-0.1, -0.05) is 16.8 Å². The van der Waals surface area contributed by atoms with Crippen molar-refractivity contribution in [1.29, 1.82) is 0 Å². The van der Waals surface area contributed by atoms with Crippen molar-refractivity contribution in [3.05, 3.63) is 46.8 Å². The summed E-state index contributed by atoms with van der Waals surface area (Å²) in [6.07, 6.45) is 3.46. The van der Waals surface area contributed by atoms with Gasteiger partial charge in [0, 0.05) is 16.6 Å². The van der Waals surface area contributed by atoms with Gasteiger partial charge in [-0.05, 0) is 49.9 Å². The number of carbonyl (C=O) groups excluding carboxylic acids is 2. The Morgan fingerprint density at radius 3 is 2.74 bits per heavy atom. The molecule has 5 rings (SSSR count). The lowest BCUT2D eigenvalue weighted by molar-refractivity contribution is -0.184. The zero-order chi connectivity index (χ0) is 19.1. The fraction of sp³-hybridized carbons (Fsp3) is 0.421. The van der Waals surface area contributed by atoms with Crippen LogP contribution in [0.1, 0.15) is 30.5 Å². The first-order valence-electron chi connectivity index (χ1n) is 8.77. The number of benzene rings is 1. The van der Waals surface area contributed by atoms with Gasteiger partial charge in [0.15, 0.2) is 6.61 Å². The molecule has 0 atom stereocenters. The minimum Gasteiger partial charge on any atom is -0.484 e. The second-order valence-corrected chi connectivity index (χ2v) is 7.92. The largest absolute Gasteiger partial charge is 0.484 e. The van der Waals surface area contributed by atoms with Crippen LogP contribution in [0.2, 0.25) is 5.02 Å². The maximum Gasteiger partial charge on any atom is 0.258 e. The van der Waals surface area contributed by atoms with E-state index in [4.69, 9.17) is 20.9 Å². The van der Waals surface area contributed by atoms with E-state index in [1.165, 1.54) is 6.26 Å². The summed E-state index contributed by atoms with van der Waals surface area (Å²) >= 11 is 5.98. The fourth-order valence-electron chi connectivity index (χ4n) is 4.04. The first-order chi connectivity index (χ1) is 12.9. The standard InChI is InChI=1S/C19H20ClN3O4/c1-12-6-14(2-3-15(12)20)26-8-16(24)22-19-9-18(10-19,11-19)17(25)21-7-13-4-5-27-23-13/h2-6H,7-11H2,1H3,(H,21,25)(H,22,24). The predicted molar refractivity (Wildman–Crippen MR) is 97.2 cm³/mol. The summed E-state index contributed by atoms with van der Waals surface area (Å²) in [4.78, 5) is 24.5. The molecule has 0 radical (unpaired) electrons. The summed E-state index contributed by atoms with van der Waals surface area (Å²) < 4.78 is 10.3. The molecule has 3 aliphatic carbocycles.